The Morgan fingerprint density at radius 1 is 1.43 bits per heavy atom. The first-order valence-corrected chi connectivity index (χ1v) is 6.93. The summed E-state index contributed by atoms with van der Waals surface area (Å²) in [7, 11) is -1.58. The van der Waals surface area contributed by atoms with Crippen LogP contribution >= 0.6 is 15.9 Å². The third-order valence-electron chi connectivity index (χ3n) is 1.82. The summed E-state index contributed by atoms with van der Waals surface area (Å²) in [4.78, 5) is 0.313. The van der Waals surface area contributed by atoms with Crippen LogP contribution in [0, 0.1) is 0 Å². The molecule has 0 fully saturated rings. The Balaban J connectivity index is 3.28. The molecule has 0 atom stereocenters. The molecule has 0 saturated heterocycles. The second kappa shape index (κ2) is 4.31. The molecular weight excluding hydrogens is 268 g/mol. The van der Waals surface area contributed by atoms with E-state index in [1.54, 1.807) is 25.3 Å². The lowest BCUT2D eigenvalue weighted by Crippen LogP contribution is -1.99. The molecule has 0 spiro atoms. The molecule has 14 heavy (non-hydrogen) atoms. The molecule has 0 aliphatic carbocycles. The molecule has 3 nitrogen and oxygen atoms in total. The maximum absolute atomic E-state index is 11.2. The molecule has 0 aliphatic heterocycles. The van der Waals surface area contributed by atoms with Gasteiger partial charge in [-0.25, -0.2) is 8.42 Å². The second-order valence-corrected chi connectivity index (χ2v) is 5.46. The lowest BCUT2D eigenvalue weighted by atomic mass is 10.2. The second-order valence-electron chi connectivity index (χ2n) is 2.88. The summed E-state index contributed by atoms with van der Waals surface area (Å²) in [5, 5.41) is 0.569. The Bertz CT molecular complexity index is 426. The van der Waals surface area contributed by atoms with Crippen molar-refractivity contribution in [2.45, 2.75) is 10.2 Å². The summed E-state index contributed by atoms with van der Waals surface area (Å²) in [5.41, 5.74) is 0.829. The van der Waals surface area contributed by atoms with Gasteiger partial charge in [0.15, 0.2) is 9.84 Å². The third kappa shape index (κ3) is 2.48. The molecule has 0 aliphatic rings. The van der Waals surface area contributed by atoms with Crippen molar-refractivity contribution in [3.8, 4) is 5.75 Å². The van der Waals surface area contributed by atoms with Crippen LogP contribution < -0.4 is 4.74 Å². The molecule has 0 amide bonds. The van der Waals surface area contributed by atoms with Gasteiger partial charge in [-0.15, -0.1) is 0 Å². The van der Waals surface area contributed by atoms with E-state index in [0.717, 1.165) is 5.56 Å². The summed E-state index contributed by atoms with van der Waals surface area (Å²) in [6.45, 7) is 0. The molecule has 5 heteroatoms. The maximum Gasteiger partial charge on any atom is 0.175 e. The van der Waals surface area contributed by atoms with Crippen molar-refractivity contribution in [3.05, 3.63) is 23.8 Å². The summed E-state index contributed by atoms with van der Waals surface area (Å²) in [6, 6.07) is 4.82. The molecule has 78 valence electrons. The third-order valence-corrected chi connectivity index (χ3v) is 3.54. The van der Waals surface area contributed by atoms with Crippen molar-refractivity contribution in [2.75, 3.05) is 13.4 Å². The van der Waals surface area contributed by atoms with Gasteiger partial charge in [-0.05, 0) is 18.2 Å². The largest absolute Gasteiger partial charge is 0.496 e. The molecule has 0 radical (unpaired) electrons. The predicted octanol–water partition coefficient (Wildman–Crippen LogP) is 1.99. The van der Waals surface area contributed by atoms with Gasteiger partial charge in [0.1, 0.15) is 5.75 Å². The minimum absolute atomic E-state index is 0.313. The average Bonchev–Trinajstić information content (AvgIpc) is 2.15. The van der Waals surface area contributed by atoms with E-state index < -0.39 is 9.84 Å². The van der Waals surface area contributed by atoms with Crippen molar-refractivity contribution in [1.82, 2.24) is 0 Å². The Kier molecular flexibility index (Phi) is 3.55. The van der Waals surface area contributed by atoms with Gasteiger partial charge in [-0.1, -0.05) is 15.9 Å². The number of halogens is 1. The van der Waals surface area contributed by atoms with E-state index in [-0.39, 0.29) is 0 Å². The van der Waals surface area contributed by atoms with Crippen LogP contribution in [-0.2, 0) is 15.2 Å². The molecular formula is C9H11BrO3S. The Morgan fingerprint density at radius 3 is 2.50 bits per heavy atom. The average molecular weight is 279 g/mol. The van der Waals surface area contributed by atoms with Crippen LogP contribution in [0.3, 0.4) is 0 Å². The van der Waals surface area contributed by atoms with Crippen molar-refractivity contribution < 1.29 is 13.2 Å². The van der Waals surface area contributed by atoms with E-state index in [9.17, 15) is 8.42 Å². The standard InChI is InChI=1S/C9H11BrO3S/c1-13-9-4-3-8(14(2,11)12)5-7(9)6-10/h3-5H,6H2,1-2H3. The minimum atomic E-state index is -3.14. The van der Waals surface area contributed by atoms with Crippen molar-refractivity contribution in [2.24, 2.45) is 0 Å². The molecule has 0 bridgehead atoms. The molecule has 0 saturated carbocycles. The summed E-state index contributed by atoms with van der Waals surface area (Å²) >= 11 is 3.28. The quantitative estimate of drug-likeness (QED) is 0.795. The lowest BCUT2D eigenvalue weighted by Gasteiger charge is -2.07. The van der Waals surface area contributed by atoms with Crippen LogP contribution in [0.5, 0.6) is 5.75 Å². The smallest absolute Gasteiger partial charge is 0.175 e. The predicted molar refractivity (Wildman–Crippen MR) is 58.7 cm³/mol. The van der Waals surface area contributed by atoms with Gasteiger partial charge in [0.25, 0.3) is 0 Å². The van der Waals surface area contributed by atoms with E-state index in [1.165, 1.54) is 6.26 Å². The van der Waals surface area contributed by atoms with Crippen LogP contribution in [0.2, 0.25) is 0 Å². The van der Waals surface area contributed by atoms with Crippen LogP contribution in [0.1, 0.15) is 5.56 Å². The van der Waals surface area contributed by atoms with E-state index >= 15 is 0 Å². The molecule has 1 aromatic rings. The fourth-order valence-electron chi connectivity index (χ4n) is 1.09. The number of ether oxygens (including phenoxy) is 1. The van der Waals surface area contributed by atoms with Crippen LogP contribution in [0.15, 0.2) is 23.1 Å². The van der Waals surface area contributed by atoms with Crippen molar-refractivity contribution in [1.29, 1.82) is 0 Å². The zero-order chi connectivity index (χ0) is 10.8. The molecule has 0 aromatic heterocycles. The number of hydrogen-bond acceptors (Lipinski definition) is 3. The summed E-state index contributed by atoms with van der Waals surface area (Å²) < 4.78 is 27.6. The fraction of sp³-hybridized carbons (Fsp3) is 0.333. The highest BCUT2D eigenvalue weighted by molar-refractivity contribution is 9.08. The van der Waals surface area contributed by atoms with Crippen LogP contribution in [0.25, 0.3) is 0 Å². The number of sulfone groups is 1. The molecule has 1 rings (SSSR count). The minimum Gasteiger partial charge on any atom is -0.496 e. The van der Waals surface area contributed by atoms with Crippen LogP contribution in [-0.4, -0.2) is 21.8 Å². The van der Waals surface area contributed by atoms with Gasteiger partial charge in [0.05, 0.1) is 12.0 Å². The van der Waals surface area contributed by atoms with Gasteiger partial charge in [0, 0.05) is 17.1 Å². The summed E-state index contributed by atoms with van der Waals surface area (Å²) in [6.07, 6.45) is 1.19. The SMILES string of the molecule is COc1ccc(S(C)(=O)=O)cc1CBr. The Hall–Kier alpha value is -0.550. The first-order valence-electron chi connectivity index (χ1n) is 3.92. The maximum atomic E-state index is 11.2. The van der Waals surface area contributed by atoms with Gasteiger partial charge < -0.3 is 4.74 Å². The molecule has 0 N–H and O–H groups in total. The number of benzene rings is 1. The van der Waals surface area contributed by atoms with E-state index in [4.69, 9.17) is 4.74 Å². The highest BCUT2D eigenvalue weighted by atomic mass is 79.9. The first kappa shape index (κ1) is 11.5. The van der Waals surface area contributed by atoms with E-state index in [2.05, 4.69) is 15.9 Å². The van der Waals surface area contributed by atoms with Crippen molar-refractivity contribution >= 4 is 25.8 Å². The van der Waals surface area contributed by atoms with Gasteiger partial charge in [-0.3, -0.25) is 0 Å². The van der Waals surface area contributed by atoms with Crippen LogP contribution in [0.4, 0.5) is 0 Å². The summed E-state index contributed by atoms with van der Waals surface area (Å²) in [5.74, 6) is 0.689. The van der Waals surface area contributed by atoms with Gasteiger partial charge in [-0.2, -0.15) is 0 Å². The number of methoxy groups -OCH3 is 1. The number of alkyl halides is 1. The van der Waals surface area contributed by atoms with Gasteiger partial charge >= 0.3 is 0 Å². The monoisotopic (exact) mass is 278 g/mol. The Morgan fingerprint density at radius 2 is 2.07 bits per heavy atom. The van der Waals surface area contributed by atoms with Gasteiger partial charge in [0.2, 0.25) is 0 Å². The highest BCUT2D eigenvalue weighted by Gasteiger charge is 2.10. The van der Waals surface area contributed by atoms with Crippen molar-refractivity contribution in [3.63, 3.8) is 0 Å². The molecule has 1 aromatic carbocycles. The first-order chi connectivity index (χ1) is 6.49. The molecule has 0 heterocycles. The number of rotatable bonds is 3. The van der Waals surface area contributed by atoms with E-state index in [1.807, 2.05) is 0 Å². The van der Waals surface area contributed by atoms with E-state index in [0.29, 0.717) is 16.0 Å². The fourth-order valence-corrected chi connectivity index (χ4v) is 2.20. The molecule has 0 unspecified atom stereocenters. The zero-order valence-electron chi connectivity index (χ0n) is 7.95. The number of hydrogen-bond donors (Lipinski definition) is 0. The zero-order valence-corrected chi connectivity index (χ0v) is 10.4. The topological polar surface area (TPSA) is 43.4 Å². The Labute approximate surface area is 92.1 Å². The normalized spacial score (nSPS) is 11.4. The lowest BCUT2D eigenvalue weighted by molar-refractivity contribution is 0.411. The highest BCUT2D eigenvalue weighted by Crippen LogP contribution is 2.24.